The van der Waals surface area contributed by atoms with E-state index in [4.69, 9.17) is 16.6 Å². The van der Waals surface area contributed by atoms with Gasteiger partial charge in [0, 0.05) is 25.7 Å². The number of hydrogen-bond acceptors (Lipinski definition) is 6. The molecule has 0 saturated heterocycles. The molecule has 0 bridgehead atoms. The summed E-state index contributed by atoms with van der Waals surface area (Å²) in [5, 5.41) is 14.6. The summed E-state index contributed by atoms with van der Waals surface area (Å²) in [6.07, 6.45) is 0.906. The Labute approximate surface area is 214 Å². The van der Waals surface area contributed by atoms with Crippen LogP contribution in [0, 0.1) is 0 Å². The Morgan fingerprint density at radius 2 is 1.89 bits per heavy atom. The van der Waals surface area contributed by atoms with Crippen molar-refractivity contribution in [3.63, 3.8) is 0 Å². The Kier molecular flexibility index (Phi) is 5.72. The maximum Gasteiger partial charge on any atom is 0.261 e. The van der Waals surface area contributed by atoms with Crippen molar-refractivity contribution < 1.29 is 4.79 Å². The fourth-order valence-corrected chi connectivity index (χ4v) is 6.55. The van der Waals surface area contributed by atoms with Crippen LogP contribution in [0.5, 0.6) is 0 Å². The van der Waals surface area contributed by atoms with E-state index in [1.807, 2.05) is 59.2 Å². The van der Waals surface area contributed by atoms with E-state index in [-0.39, 0.29) is 12.5 Å². The molecular weight excluding hydrogens is 498 g/mol. The Bertz CT molecular complexity index is 1580. The lowest BCUT2D eigenvalue weighted by atomic mass is 10.0. The standard InChI is InChI=1S/C26H20ClN5OS2/c1-2-16-12-18-24(17-8-4-5-9-19(17)27)28-13-22-30-31-23(32(22)26(18)34-16)14-29-25(33)21-11-15-7-3-6-10-20(15)35-21/h3-12H,2,13-14H2,1H3,(H,29,33). The van der Waals surface area contributed by atoms with Gasteiger partial charge in [-0.05, 0) is 36.1 Å². The smallest absolute Gasteiger partial charge is 0.261 e. The first-order valence-corrected chi connectivity index (χ1v) is 13.3. The number of halogens is 1. The van der Waals surface area contributed by atoms with Crippen LogP contribution in [0.2, 0.25) is 5.02 Å². The number of carbonyl (C=O) groups excluding carboxylic acids is 1. The summed E-state index contributed by atoms with van der Waals surface area (Å²) in [6, 6.07) is 19.9. The quantitative estimate of drug-likeness (QED) is 0.309. The van der Waals surface area contributed by atoms with Crippen molar-refractivity contribution in [1.82, 2.24) is 20.1 Å². The fourth-order valence-electron chi connectivity index (χ4n) is 4.21. The summed E-state index contributed by atoms with van der Waals surface area (Å²) in [5.41, 5.74) is 2.76. The summed E-state index contributed by atoms with van der Waals surface area (Å²) >= 11 is 9.73. The van der Waals surface area contributed by atoms with Crippen LogP contribution in [0.25, 0.3) is 15.1 Å². The van der Waals surface area contributed by atoms with Crippen LogP contribution >= 0.6 is 34.3 Å². The van der Waals surface area contributed by atoms with Gasteiger partial charge in [0.15, 0.2) is 11.6 Å². The second kappa shape index (κ2) is 9.03. The molecule has 6 rings (SSSR count). The number of nitrogens with zero attached hydrogens (tertiary/aromatic N) is 4. The van der Waals surface area contributed by atoms with Gasteiger partial charge in [0.2, 0.25) is 0 Å². The monoisotopic (exact) mass is 517 g/mol. The van der Waals surface area contributed by atoms with Gasteiger partial charge in [0.1, 0.15) is 11.5 Å². The minimum absolute atomic E-state index is 0.120. The van der Waals surface area contributed by atoms with Crippen LogP contribution < -0.4 is 5.32 Å². The number of nitrogens with one attached hydrogen (secondary N) is 1. The number of fused-ring (bicyclic) bond motifs is 4. The predicted octanol–water partition coefficient (Wildman–Crippen LogP) is 6.04. The molecule has 5 aromatic rings. The average molecular weight is 518 g/mol. The molecule has 0 saturated carbocycles. The van der Waals surface area contributed by atoms with E-state index >= 15 is 0 Å². The highest BCUT2D eigenvalue weighted by molar-refractivity contribution is 7.20. The Morgan fingerprint density at radius 3 is 2.71 bits per heavy atom. The lowest BCUT2D eigenvalue weighted by molar-refractivity contribution is 0.0954. The molecule has 0 radical (unpaired) electrons. The number of carbonyl (C=O) groups is 1. The maximum atomic E-state index is 12.9. The number of aryl methyl sites for hydroxylation is 1. The summed E-state index contributed by atoms with van der Waals surface area (Å²) in [6.45, 7) is 2.78. The van der Waals surface area contributed by atoms with Gasteiger partial charge in [0.05, 0.1) is 17.1 Å². The molecule has 35 heavy (non-hydrogen) atoms. The molecule has 174 valence electrons. The zero-order valence-electron chi connectivity index (χ0n) is 18.8. The number of benzene rings is 2. The molecule has 0 atom stereocenters. The lowest BCUT2D eigenvalue weighted by Crippen LogP contribution is -2.24. The topological polar surface area (TPSA) is 72.2 Å². The third-order valence-electron chi connectivity index (χ3n) is 5.93. The Morgan fingerprint density at radius 1 is 1.06 bits per heavy atom. The van der Waals surface area contributed by atoms with Crippen LogP contribution in [0.15, 0.2) is 65.7 Å². The first-order chi connectivity index (χ1) is 17.1. The van der Waals surface area contributed by atoms with Crippen LogP contribution in [-0.2, 0) is 19.5 Å². The summed E-state index contributed by atoms with van der Waals surface area (Å²) < 4.78 is 3.13. The van der Waals surface area contributed by atoms with Gasteiger partial charge in [-0.2, -0.15) is 0 Å². The zero-order chi connectivity index (χ0) is 23.9. The first kappa shape index (κ1) is 22.2. The highest BCUT2D eigenvalue weighted by atomic mass is 35.5. The molecule has 1 amide bonds. The fraction of sp³-hybridized carbons (Fsp3) is 0.154. The van der Waals surface area contributed by atoms with Gasteiger partial charge in [-0.1, -0.05) is 54.9 Å². The second-order valence-electron chi connectivity index (χ2n) is 8.13. The minimum atomic E-state index is -0.120. The van der Waals surface area contributed by atoms with Gasteiger partial charge in [-0.15, -0.1) is 32.9 Å². The second-order valence-corrected chi connectivity index (χ2v) is 10.7. The predicted molar refractivity (Wildman–Crippen MR) is 142 cm³/mol. The van der Waals surface area contributed by atoms with Crippen molar-refractivity contribution in [2.24, 2.45) is 4.99 Å². The highest BCUT2D eigenvalue weighted by Gasteiger charge is 2.26. The maximum absolute atomic E-state index is 12.9. The van der Waals surface area contributed by atoms with E-state index < -0.39 is 0 Å². The molecule has 0 fully saturated rings. The highest BCUT2D eigenvalue weighted by Crippen LogP contribution is 2.35. The number of aromatic nitrogens is 3. The van der Waals surface area contributed by atoms with Crippen molar-refractivity contribution in [3.05, 3.63) is 98.2 Å². The molecule has 3 aromatic heterocycles. The molecule has 4 heterocycles. The number of hydrogen-bond donors (Lipinski definition) is 1. The Balaban J connectivity index is 1.34. The molecule has 1 aliphatic heterocycles. The number of thiophene rings is 2. The van der Waals surface area contributed by atoms with Crippen molar-refractivity contribution in [2.75, 3.05) is 0 Å². The van der Waals surface area contributed by atoms with E-state index in [1.54, 1.807) is 11.3 Å². The first-order valence-electron chi connectivity index (χ1n) is 11.2. The molecule has 9 heteroatoms. The third kappa shape index (κ3) is 3.97. The lowest BCUT2D eigenvalue weighted by Gasteiger charge is -2.10. The number of aliphatic imine (C=N–C) groups is 1. The number of rotatable bonds is 5. The van der Waals surface area contributed by atoms with Crippen LogP contribution in [0.1, 0.15) is 44.2 Å². The van der Waals surface area contributed by atoms with Crippen LogP contribution in [0.4, 0.5) is 0 Å². The Hall–Kier alpha value is -3.33. The molecule has 0 unspecified atom stereocenters. The van der Waals surface area contributed by atoms with Crippen molar-refractivity contribution >= 4 is 56.0 Å². The molecule has 1 aliphatic rings. The third-order valence-corrected chi connectivity index (χ3v) is 8.64. The summed E-state index contributed by atoms with van der Waals surface area (Å²) in [7, 11) is 0. The van der Waals surface area contributed by atoms with Gasteiger partial charge in [-0.25, -0.2) is 0 Å². The molecule has 6 nitrogen and oxygen atoms in total. The largest absolute Gasteiger partial charge is 0.344 e. The van der Waals surface area contributed by atoms with E-state index in [0.29, 0.717) is 22.3 Å². The molecule has 0 spiro atoms. The number of amides is 1. The van der Waals surface area contributed by atoms with E-state index in [2.05, 4.69) is 28.5 Å². The zero-order valence-corrected chi connectivity index (χ0v) is 21.2. The van der Waals surface area contributed by atoms with E-state index in [9.17, 15) is 4.79 Å². The van der Waals surface area contributed by atoms with E-state index in [1.165, 1.54) is 16.2 Å². The molecule has 1 N–H and O–H groups in total. The minimum Gasteiger partial charge on any atom is -0.344 e. The van der Waals surface area contributed by atoms with Crippen LogP contribution in [-0.4, -0.2) is 26.4 Å². The normalized spacial score (nSPS) is 12.7. The van der Waals surface area contributed by atoms with Crippen LogP contribution in [0.3, 0.4) is 0 Å². The van der Waals surface area contributed by atoms with Crippen molar-refractivity contribution in [3.8, 4) is 5.00 Å². The average Bonchev–Trinajstić information content (AvgIpc) is 3.58. The SMILES string of the molecule is CCc1cc2c(s1)-n1c(nnc1CNC(=O)c1cc3ccccc3s1)CN=C2c1ccccc1Cl. The van der Waals surface area contributed by atoms with Gasteiger partial charge in [0.25, 0.3) is 5.91 Å². The van der Waals surface area contributed by atoms with Crippen molar-refractivity contribution in [1.29, 1.82) is 0 Å². The molecule has 2 aromatic carbocycles. The van der Waals surface area contributed by atoms with E-state index in [0.717, 1.165) is 44.2 Å². The molecule has 0 aliphatic carbocycles. The summed E-state index contributed by atoms with van der Waals surface area (Å²) in [5.74, 6) is 1.30. The van der Waals surface area contributed by atoms with Gasteiger partial charge in [-0.3, -0.25) is 14.4 Å². The molecular formula is C26H20ClN5OS2. The summed E-state index contributed by atoms with van der Waals surface area (Å²) in [4.78, 5) is 19.7. The van der Waals surface area contributed by atoms with Gasteiger partial charge >= 0.3 is 0 Å². The van der Waals surface area contributed by atoms with Crippen molar-refractivity contribution in [2.45, 2.75) is 26.4 Å². The van der Waals surface area contributed by atoms with Gasteiger partial charge < -0.3 is 5.32 Å².